The Morgan fingerprint density at radius 3 is 2.77 bits per heavy atom. The molecule has 0 N–H and O–H groups in total. The summed E-state index contributed by atoms with van der Waals surface area (Å²) in [5.41, 5.74) is 0.199. The van der Waals surface area contributed by atoms with Crippen LogP contribution in [0.25, 0.3) is 0 Å². The van der Waals surface area contributed by atoms with Gasteiger partial charge in [-0.05, 0) is 12.8 Å². The molecule has 8 heteroatoms. The van der Waals surface area contributed by atoms with Gasteiger partial charge in [-0.25, -0.2) is 0 Å². The van der Waals surface area contributed by atoms with Crippen molar-refractivity contribution in [1.82, 2.24) is 4.90 Å². The molecule has 0 radical (unpaired) electrons. The number of methoxy groups -OCH3 is 1. The highest BCUT2D eigenvalue weighted by Crippen LogP contribution is 2.36. The molecule has 0 aromatic heterocycles. The Kier molecular flexibility index (Phi) is 6.32. The van der Waals surface area contributed by atoms with E-state index in [0.29, 0.717) is 19.3 Å². The fourth-order valence-corrected chi connectivity index (χ4v) is 2.80. The van der Waals surface area contributed by atoms with Gasteiger partial charge in [-0.15, -0.1) is 0 Å². The molecule has 0 bridgehead atoms. The number of aldehydes is 1. The third kappa shape index (κ3) is 4.01. The van der Waals surface area contributed by atoms with Crippen LogP contribution in [0.1, 0.15) is 36.5 Å². The van der Waals surface area contributed by atoms with Gasteiger partial charge in [-0.3, -0.25) is 14.9 Å². The van der Waals surface area contributed by atoms with Crippen molar-refractivity contribution in [3.8, 4) is 11.5 Å². The van der Waals surface area contributed by atoms with Crippen molar-refractivity contribution in [2.75, 3.05) is 20.3 Å². The zero-order valence-electron chi connectivity index (χ0n) is 14.9. The maximum atomic E-state index is 12.9. The van der Waals surface area contributed by atoms with E-state index < -0.39 is 16.9 Å². The molecular formula is C18H22N2O6. The van der Waals surface area contributed by atoms with Crippen LogP contribution in [-0.2, 0) is 4.79 Å². The molecule has 0 saturated carbocycles. The number of benzene rings is 1. The summed E-state index contributed by atoms with van der Waals surface area (Å²) < 4.78 is 10.8. The van der Waals surface area contributed by atoms with Gasteiger partial charge in [-0.1, -0.05) is 25.5 Å². The highest BCUT2D eigenvalue weighted by atomic mass is 16.6. The first-order valence-corrected chi connectivity index (χ1v) is 8.35. The highest BCUT2D eigenvalue weighted by Gasteiger charge is 2.35. The molecule has 0 unspecified atom stereocenters. The van der Waals surface area contributed by atoms with Crippen molar-refractivity contribution in [2.24, 2.45) is 0 Å². The van der Waals surface area contributed by atoms with Gasteiger partial charge >= 0.3 is 0 Å². The second kappa shape index (κ2) is 8.46. The maximum absolute atomic E-state index is 12.9. The minimum atomic E-state index is -0.666. The molecule has 1 heterocycles. The number of carbonyl (C=O) groups excluding carboxylic acids is 2. The fraction of sp³-hybridized carbons (Fsp3) is 0.444. The van der Waals surface area contributed by atoms with Crippen LogP contribution in [0, 0.1) is 10.1 Å². The smallest absolute Gasteiger partial charge is 0.286 e. The monoisotopic (exact) mass is 362 g/mol. The number of nitrogens with zero attached hydrogens (tertiary/aromatic N) is 2. The van der Waals surface area contributed by atoms with E-state index in [1.807, 2.05) is 6.92 Å². The number of rotatable bonds is 8. The third-order valence-electron chi connectivity index (χ3n) is 4.17. The lowest BCUT2D eigenvalue weighted by Gasteiger charge is -2.20. The molecule has 8 nitrogen and oxygen atoms in total. The largest absolute Gasteiger partial charge is 0.493 e. The SMILES string of the molecule is C=C1C[C@@H](C=O)N(C(=O)c2cc(OC)c(OCCCC)cc2[N+](=O)[O-])C1. The lowest BCUT2D eigenvalue weighted by Crippen LogP contribution is -2.36. The van der Waals surface area contributed by atoms with E-state index in [2.05, 4.69) is 6.58 Å². The van der Waals surface area contributed by atoms with Crippen molar-refractivity contribution in [2.45, 2.75) is 32.2 Å². The topological polar surface area (TPSA) is 99.0 Å². The zero-order valence-corrected chi connectivity index (χ0v) is 14.9. The van der Waals surface area contributed by atoms with Crippen LogP contribution in [0.3, 0.4) is 0 Å². The number of unbranched alkanes of at least 4 members (excludes halogenated alkanes) is 1. The Bertz CT molecular complexity index is 731. The van der Waals surface area contributed by atoms with Crippen LogP contribution in [0.2, 0.25) is 0 Å². The Morgan fingerprint density at radius 2 is 2.19 bits per heavy atom. The fourth-order valence-electron chi connectivity index (χ4n) is 2.80. The molecule has 1 aromatic rings. The molecule has 2 rings (SSSR count). The number of nitro groups is 1. The summed E-state index contributed by atoms with van der Waals surface area (Å²) >= 11 is 0. The number of hydrogen-bond donors (Lipinski definition) is 0. The minimum Gasteiger partial charge on any atom is -0.493 e. The molecule has 1 aliphatic heterocycles. The maximum Gasteiger partial charge on any atom is 0.286 e. The Morgan fingerprint density at radius 1 is 1.46 bits per heavy atom. The van der Waals surface area contributed by atoms with Gasteiger partial charge in [0.1, 0.15) is 11.8 Å². The van der Waals surface area contributed by atoms with E-state index in [9.17, 15) is 19.7 Å². The molecule has 26 heavy (non-hydrogen) atoms. The van der Waals surface area contributed by atoms with Crippen LogP contribution >= 0.6 is 0 Å². The van der Waals surface area contributed by atoms with Gasteiger partial charge in [0.2, 0.25) is 0 Å². The summed E-state index contributed by atoms with van der Waals surface area (Å²) in [4.78, 5) is 36.2. The molecule has 140 valence electrons. The number of carbonyl (C=O) groups is 2. The second-order valence-corrected chi connectivity index (χ2v) is 6.07. The minimum absolute atomic E-state index is 0.142. The van der Waals surface area contributed by atoms with E-state index in [0.717, 1.165) is 18.4 Å². The van der Waals surface area contributed by atoms with Gasteiger partial charge < -0.3 is 19.2 Å². The quantitative estimate of drug-likeness (QED) is 0.232. The van der Waals surface area contributed by atoms with Crippen LogP contribution < -0.4 is 9.47 Å². The Hall–Kier alpha value is -2.90. The molecule has 0 aliphatic carbocycles. The van der Waals surface area contributed by atoms with Crippen LogP contribution in [0.4, 0.5) is 5.69 Å². The Labute approximate surface area is 151 Å². The normalized spacial score (nSPS) is 16.5. The van der Waals surface area contributed by atoms with Crippen LogP contribution in [0.5, 0.6) is 11.5 Å². The summed E-state index contributed by atoms with van der Waals surface area (Å²) in [5.74, 6) is -0.163. The van der Waals surface area contributed by atoms with E-state index >= 15 is 0 Å². The van der Waals surface area contributed by atoms with Crippen molar-refractivity contribution < 1.29 is 24.0 Å². The van der Waals surface area contributed by atoms with E-state index in [1.54, 1.807) is 0 Å². The summed E-state index contributed by atoms with van der Waals surface area (Å²) in [7, 11) is 1.40. The van der Waals surface area contributed by atoms with E-state index in [1.165, 1.54) is 24.1 Å². The van der Waals surface area contributed by atoms with Gasteiger partial charge in [0.15, 0.2) is 11.5 Å². The van der Waals surface area contributed by atoms with Crippen molar-refractivity contribution in [3.63, 3.8) is 0 Å². The van der Waals surface area contributed by atoms with Crippen molar-refractivity contribution in [1.29, 1.82) is 0 Å². The van der Waals surface area contributed by atoms with Crippen molar-refractivity contribution >= 4 is 17.9 Å². The highest BCUT2D eigenvalue weighted by molar-refractivity contribution is 6.00. The standard InChI is InChI=1S/C18H22N2O6/c1-4-5-6-26-17-9-15(20(23)24)14(8-16(17)25-3)18(22)19-10-12(2)7-13(19)11-21/h8-9,11,13H,2,4-7,10H2,1,3H3/t13-/m0/s1. The third-order valence-corrected chi connectivity index (χ3v) is 4.17. The predicted molar refractivity (Wildman–Crippen MR) is 94.7 cm³/mol. The van der Waals surface area contributed by atoms with Gasteiger partial charge in [0.05, 0.1) is 30.7 Å². The number of likely N-dealkylation sites (tertiary alicyclic amines) is 1. The summed E-state index contributed by atoms with van der Waals surface area (Å²) in [6.07, 6.45) is 2.71. The molecule has 1 saturated heterocycles. The van der Waals surface area contributed by atoms with Gasteiger partial charge in [0, 0.05) is 12.6 Å². The Balaban J connectivity index is 2.43. The average molecular weight is 362 g/mol. The van der Waals surface area contributed by atoms with E-state index in [4.69, 9.17) is 9.47 Å². The van der Waals surface area contributed by atoms with Gasteiger partial charge in [-0.2, -0.15) is 0 Å². The summed E-state index contributed by atoms with van der Waals surface area (Å²) in [6.45, 7) is 6.37. The molecule has 1 atom stereocenters. The molecule has 0 spiro atoms. The van der Waals surface area contributed by atoms with Crippen molar-refractivity contribution in [3.05, 3.63) is 40.0 Å². The number of nitro benzene ring substituents is 1. The van der Waals surface area contributed by atoms with Gasteiger partial charge in [0.25, 0.3) is 11.6 Å². The second-order valence-electron chi connectivity index (χ2n) is 6.07. The zero-order chi connectivity index (χ0) is 19.3. The first kappa shape index (κ1) is 19.4. The van der Waals surface area contributed by atoms with Crippen LogP contribution in [0.15, 0.2) is 24.3 Å². The lowest BCUT2D eigenvalue weighted by molar-refractivity contribution is -0.385. The molecule has 1 fully saturated rings. The molecule has 1 aliphatic rings. The van der Waals surface area contributed by atoms with Crippen LogP contribution in [-0.4, -0.2) is 48.3 Å². The summed E-state index contributed by atoms with van der Waals surface area (Å²) in [5, 5.41) is 11.5. The lowest BCUT2D eigenvalue weighted by atomic mass is 10.1. The first-order valence-electron chi connectivity index (χ1n) is 8.35. The molecule has 1 amide bonds. The summed E-state index contributed by atoms with van der Waals surface area (Å²) in [6, 6.07) is 1.83. The average Bonchev–Trinajstić information content (AvgIpc) is 3.01. The molecule has 1 aromatic carbocycles. The molecular weight excluding hydrogens is 340 g/mol. The number of ether oxygens (including phenoxy) is 2. The number of hydrogen-bond acceptors (Lipinski definition) is 6. The number of amides is 1. The first-order chi connectivity index (χ1) is 12.4. The predicted octanol–water partition coefficient (Wildman–Crippen LogP) is 2.75. The van der Waals surface area contributed by atoms with E-state index in [-0.39, 0.29) is 29.3 Å².